The Morgan fingerprint density at radius 2 is 1.96 bits per heavy atom. The predicted molar refractivity (Wildman–Crippen MR) is 95.4 cm³/mol. The van der Waals surface area contributed by atoms with Crippen molar-refractivity contribution < 1.29 is 14.8 Å². The number of hydrogen-bond donors (Lipinski definition) is 2. The van der Waals surface area contributed by atoms with Crippen molar-refractivity contribution in [2.45, 2.75) is 25.9 Å². The summed E-state index contributed by atoms with van der Waals surface area (Å²) in [6, 6.07) is 13.4. The summed E-state index contributed by atoms with van der Waals surface area (Å²) in [5, 5.41) is 21.1. The number of para-hydroxylation sites is 1. The van der Waals surface area contributed by atoms with Gasteiger partial charge < -0.3 is 15.7 Å². The summed E-state index contributed by atoms with van der Waals surface area (Å²) in [5.74, 6) is -0.712. The largest absolute Gasteiger partial charge is 0.394 e. The number of aliphatic hydroxyl groups is 1. The van der Waals surface area contributed by atoms with Gasteiger partial charge in [0.05, 0.1) is 24.1 Å². The van der Waals surface area contributed by atoms with E-state index in [-0.39, 0.29) is 30.4 Å². The van der Waals surface area contributed by atoms with E-state index in [1.807, 2.05) is 42.2 Å². The fourth-order valence-electron chi connectivity index (χ4n) is 2.70. The number of carbonyl (C=O) groups excluding carboxylic acids is 1. The first-order valence-electron chi connectivity index (χ1n) is 7.97. The molecule has 7 nitrogen and oxygen atoms in total. The van der Waals surface area contributed by atoms with E-state index >= 15 is 0 Å². The number of carbonyl (C=O) groups is 1. The molecule has 0 aliphatic carbocycles. The van der Waals surface area contributed by atoms with Crippen LogP contribution in [0.5, 0.6) is 0 Å². The lowest BCUT2D eigenvalue weighted by Gasteiger charge is -2.32. The molecule has 25 heavy (non-hydrogen) atoms. The summed E-state index contributed by atoms with van der Waals surface area (Å²) in [5.41, 5.74) is 6.45. The van der Waals surface area contributed by atoms with Gasteiger partial charge in [0.25, 0.3) is 5.69 Å². The smallest absolute Gasteiger partial charge is 0.275 e. The molecule has 7 heteroatoms. The lowest BCUT2D eigenvalue weighted by molar-refractivity contribution is -0.385. The Kier molecular flexibility index (Phi) is 6.08. The SMILES string of the molecule is CCC(CO)N(Cc1ccc(C(N)=O)cc1[N+](=O)[O-])c1ccccc1. The number of hydrogen-bond acceptors (Lipinski definition) is 5. The van der Waals surface area contributed by atoms with Crippen LogP contribution in [-0.4, -0.2) is 28.6 Å². The standard InChI is InChI=1S/C18H21N3O4/c1-2-15(12-22)20(16-6-4-3-5-7-16)11-14-9-8-13(18(19)23)10-17(14)21(24)25/h3-10,15,22H,2,11-12H2,1H3,(H2,19,23). The fourth-order valence-corrected chi connectivity index (χ4v) is 2.70. The van der Waals surface area contributed by atoms with Gasteiger partial charge in [-0.25, -0.2) is 0 Å². The lowest BCUT2D eigenvalue weighted by Crippen LogP contribution is -2.37. The van der Waals surface area contributed by atoms with Crippen LogP contribution < -0.4 is 10.6 Å². The van der Waals surface area contributed by atoms with Gasteiger partial charge in [-0.1, -0.05) is 25.1 Å². The molecule has 0 saturated carbocycles. The molecule has 1 atom stereocenters. The Morgan fingerprint density at radius 3 is 2.48 bits per heavy atom. The van der Waals surface area contributed by atoms with Crippen LogP contribution in [0.2, 0.25) is 0 Å². The summed E-state index contributed by atoms with van der Waals surface area (Å²) >= 11 is 0. The minimum absolute atomic E-state index is 0.0709. The Balaban J connectivity index is 2.45. The topological polar surface area (TPSA) is 110 Å². The van der Waals surface area contributed by atoms with E-state index in [0.29, 0.717) is 12.0 Å². The highest BCUT2D eigenvalue weighted by Gasteiger charge is 2.22. The first kappa shape index (κ1) is 18.4. The molecule has 2 rings (SSSR count). The number of benzene rings is 2. The number of nitro groups is 1. The van der Waals surface area contributed by atoms with Gasteiger partial charge in [-0.2, -0.15) is 0 Å². The van der Waals surface area contributed by atoms with Crippen molar-refractivity contribution in [3.63, 3.8) is 0 Å². The zero-order valence-electron chi connectivity index (χ0n) is 14.0. The summed E-state index contributed by atoms with van der Waals surface area (Å²) in [6.07, 6.45) is 0.679. The van der Waals surface area contributed by atoms with Crippen LogP contribution in [0.4, 0.5) is 11.4 Å². The maximum atomic E-state index is 11.4. The fraction of sp³-hybridized carbons (Fsp3) is 0.278. The molecule has 1 unspecified atom stereocenters. The van der Waals surface area contributed by atoms with E-state index in [4.69, 9.17) is 5.73 Å². The number of aliphatic hydroxyl groups excluding tert-OH is 1. The van der Waals surface area contributed by atoms with Crippen molar-refractivity contribution in [1.29, 1.82) is 0 Å². The molecule has 2 aromatic carbocycles. The first-order valence-corrected chi connectivity index (χ1v) is 7.97. The zero-order chi connectivity index (χ0) is 18.4. The number of rotatable bonds is 8. The predicted octanol–water partition coefficient (Wildman–Crippen LogP) is 2.47. The van der Waals surface area contributed by atoms with E-state index in [9.17, 15) is 20.0 Å². The van der Waals surface area contributed by atoms with Crippen LogP contribution in [0.1, 0.15) is 29.3 Å². The molecular weight excluding hydrogens is 322 g/mol. The first-order chi connectivity index (χ1) is 12.0. The molecule has 0 bridgehead atoms. The molecule has 0 fully saturated rings. The van der Waals surface area contributed by atoms with Gasteiger partial charge in [0.15, 0.2) is 0 Å². The molecule has 0 aliphatic heterocycles. The van der Waals surface area contributed by atoms with E-state index < -0.39 is 10.8 Å². The normalized spacial score (nSPS) is 11.8. The average molecular weight is 343 g/mol. The molecular formula is C18H21N3O4. The second kappa shape index (κ2) is 8.25. The van der Waals surface area contributed by atoms with Crippen LogP contribution in [0.3, 0.4) is 0 Å². The molecule has 0 aromatic heterocycles. The minimum Gasteiger partial charge on any atom is -0.394 e. The Labute approximate surface area is 145 Å². The molecule has 3 N–H and O–H groups in total. The highest BCUT2D eigenvalue weighted by Crippen LogP contribution is 2.26. The quantitative estimate of drug-likeness (QED) is 0.565. The van der Waals surface area contributed by atoms with Crippen molar-refractivity contribution >= 4 is 17.3 Å². The van der Waals surface area contributed by atoms with Gasteiger partial charge >= 0.3 is 0 Å². The van der Waals surface area contributed by atoms with Crippen molar-refractivity contribution in [2.24, 2.45) is 5.73 Å². The van der Waals surface area contributed by atoms with E-state index in [0.717, 1.165) is 5.69 Å². The summed E-state index contributed by atoms with van der Waals surface area (Å²) in [4.78, 5) is 24.1. The van der Waals surface area contributed by atoms with Crippen molar-refractivity contribution in [1.82, 2.24) is 0 Å². The highest BCUT2D eigenvalue weighted by molar-refractivity contribution is 5.93. The maximum Gasteiger partial charge on any atom is 0.275 e. The van der Waals surface area contributed by atoms with E-state index in [1.165, 1.54) is 18.2 Å². The average Bonchev–Trinajstić information content (AvgIpc) is 2.62. The molecule has 2 aromatic rings. The van der Waals surface area contributed by atoms with Crippen molar-refractivity contribution in [2.75, 3.05) is 11.5 Å². The van der Waals surface area contributed by atoms with Gasteiger partial charge in [0, 0.05) is 22.9 Å². The second-order valence-corrected chi connectivity index (χ2v) is 5.67. The monoisotopic (exact) mass is 343 g/mol. The van der Waals surface area contributed by atoms with Crippen molar-refractivity contribution in [3.8, 4) is 0 Å². The van der Waals surface area contributed by atoms with Crippen LogP contribution in [0, 0.1) is 10.1 Å². The van der Waals surface area contributed by atoms with Crippen molar-refractivity contribution in [3.05, 3.63) is 69.8 Å². The third-order valence-corrected chi connectivity index (χ3v) is 4.12. The van der Waals surface area contributed by atoms with E-state index in [2.05, 4.69) is 0 Å². The molecule has 1 amide bonds. The Hall–Kier alpha value is -2.93. The van der Waals surface area contributed by atoms with Gasteiger partial charge in [0.1, 0.15) is 0 Å². The van der Waals surface area contributed by atoms with Crippen LogP contribution in [0.25, 0.3) is 0 Å². The highest BCUT2D eigenvalue weighted by atomic mass is 16.6. The third kappa shape index (κ3) is 4.33. The molecule has 0 heterocycles. The number of amides is 1. The molecule has 0 spiro atoms. The molecule has 0 radical (unpaired) electrons. The Morgan fingerprint density at radius 1 is 1.28 bits per heavy atom. The number of nitrogens with two attached hydrogens (primary N) is 1. The van der Waals surface area contributed by atoms with Gasteiger partial charge in [-0.05, 0) is 30.7 Å². The number of nitro benzene ring substituents is 1. The summed E-state index contributed by atoms with van der Waals surface area (Å²) < 4.78 is 0. The van der Waals surface area contributed by atoms with E-state index in [1.54, 1.807) is 0 Å². The summed E-state index contributed by atoms with van der Waals surface area (Å²) in [7, 11) is 0. The van der Waals surface area contributed by atoms with Gasteiger partial charge in [0.2, 0.25) is 5.91 Å². The zero-order valence-corrected chi connectivity index (χ0v) is 14.0. The number of anilines is 1. The maximum absolute atomic E-state index is 11.4. The number of nitrogens with zero attached hydrogens (tertiary/aromatic N) is 2. The molecule has 0 saturated heterocycles. The molecule has 132 valence electrons. The molecule has 0 aliphatic rings. The Bertz CT molecular complexity index is 745. The second-order valence-electron chi connectivity index (χ2n) is 5.67. The summed E-state index contributed by atoms with van der Waals surface area (Å²) in [6.45, 7) is 2.11. The lowest BCUT2D eigenvalue weighted by atomic mass is 10.1. The van der Waals surface area contributed by atoms with Crippen LogP contribution in [0.15, 0.2) is 48.5 Å². The van der Waals surface area contributed by atoms with Crippen LogP contribution >= 0.6 is 0 Å². The minimum atomic E-state index is -0.712. The van der Waals surface area contributed by atoms with Crippen LogP contribution in [-0.2, 0) is 6.54 Å². The number of primary amides is 1. The van der Waals surface area contributed by atoms with Gasteiger partial charge in [-0.15, -0.1) is 0 Å². The van der Waals surface area contributed by atoms with Gasteiger partial charge in [-0.3, -0.25) is 14.9 Å². The third-order valence-electron chi connectivity index (χ3n) is 4.12.